The van der Waals surface area contributed by atoms with Crippen molar-refractivity contribution in [2.45, 2.75) is 19.2 Å². The van der Waals surface area contributed by atoms with Crippen LogP contribution in [0.2, 0.25) is 0 Å². The van der Waals surface area contributed by atoms with Crippen LogP contribution in [0.4, 0.5) is 13.2 Å². The van der Waals surface area contributed by atoms with Gasteiger partial charge >= 0.3 is 12.1 Å². The summed E-state index contributed by atoms with van der Waals surface area (Å²) >= 11 is 0. The average Bonchev–Trinajstić information content (AvgIpc) is 2.14. The summed E-state index contributed by atoms with van der Waals surface area (Å²) in [7, 11) is 0. The Balaban J connectivity index is 2.97. The molecule has 15 heavy (non-hydrogen) atoms. The van der Waals surface area contributed by atoms with Crippen LogP contribution >= 0.6 is 0 Å². The van der Waals surface area contributed by atoms with Crippen molar-refractivity contribution >= 4 is 5.97 Å². The fourth-order valence-electron chi connectivity index (χ4n) is 0.992. The summed E-state index contributed by atoms with van der Waals surface area (Å²) < 4.78 is 41.5. The van der Waals surface area contributed by atoms with Crippen LogP contribution in [0, 0.1) is 0 Å². The second kappa shape index (κ2) is 4.29. The monoisotopic (exact) mass is 219 g/mol. The van der Waals surface area contributed by atoms with E-state index in [2.05, 4.69) is 9.72 Å². The Bertz CT molecular complexity index is 337. The lowest BCUT2D eigenvalue weighted by Gasteiger charge is -2.18. The Hall–Kier alpha value is -1.59. The number of ether oxygens (including phenoxy) is 1. The maximum atomic E-state index is 12.4. The van der Waals surface area contributed by atoms with E-state index in [1.165, 1.54) is 18.3 Å². The molecule has 0 aromatic carbocycles. The molecular weight excluding hydrogens is 211 g/mol. The first-order valence-electron chi connectivity index (χ1n) is 4.06. The first-order valence-corrected chi connectivity index (χ1v) is 4.06. The molecule has 6 heteroatoms. The highest BCUT2D eigenvalue weighted by Gasteiger charge is 2.44. The highest BCUT2D eigenvalue weighted by atomic mass is 19.4. The third kappa shape index (κ3) is 3.23. The van der Waals surface area contributed by atoms with Crippen molar-refractivity contribution in [1.82, 2.24) is 4.98 Å². The first-order chi connectivity index (χ1) is 6.91. The van der Waals surface area contributed by atoms with Gasteiger partial charge in [-0.1, -0.05) is 6.07 Å². The van der Waals surface area contributed by atoms with Crippen LogP contribution in [0.1, 0.15) is 18.7 Å². The van der Waals surface area contributed by atoms with E-state index in [4.69, 9.17) is 0 Å². The van der Waals surface area contributed by atoms with Crippen molar-refractivity contribution in [3.8, 4) is 0 Å². The molecule has 0 bridgehead atoms. The second-order valence-corrected chi connectivity index (χ2v) is 2.79. The Morgan fingerprint density at radius 2 is 2.13 bits per heavy atom. The van der Waals surface area contributed by atoms with Crippen molar-refractivity contribution in [2.75, 3.05) is 0 Å². The van der Waals surface area contributed by atoms with Crippen LogP contribution < -0.4 is 0 Å². The molecule has 0 aliphatic heterocycles. The van der Waals surface area contributed by atoms with Crippen LogP contribution in [0.15, 0.2) is 24.4 Å². The molecule has 0 aliphatic rings. The zero-order chi connectivity index (χ0) is 11.5. The summed E-state index contributed by atoms with van der Waals surface area (Å²) in [5.41, 5.74) is -0.333. The summed E-state index contributed by atoms with van der Waals surface area (Å²) in [5.74, 6) is -0.997. The minimum absolute atomic E-state index is 0.333. The van der Waals surface area contributed by atoms with Crippen molar-refractivity contribution in [3.05, 3.63) is 30.1 Å². The molecule has 0 N–H and O–H groups in total. The van der Waals surface area contributed by atoms with Gasteiger partial charge in [-0.3, -0.25) is 9.78 Å². The first kappa shape index (κ1) is 11.5. The minimum atomic E-state index is -4.65. The third-order valence-electron chi connectivity index (χ3n) is 1.54. The largest absolute Gasteiger partial charge is 0.446 e. The van der Waals surface area contributed by atoms with Crippen LogP contribution in [0.3, 0.4) is 0 Å². The van der Waals surface area contributed by atoms with Gasteiger partial charge in [0.1, 0.15) is 0 Å². The average molecular weight is 219 g/mol. The van der Waals surface area contributed by atoms with Crippen molar-refractivity contribution < 1.29 is 22.7 Å². The number of rotatable bonds is 2. The standard InChI is InChI=1S/C9H8F3NO2/c1-6(14)15-8(9(10,11)12)7-4-2-3-5-13-7/h2-5,8H,1H3. The molecule has 0 amide bonds. The number of halogens is 3. The molecule has 1 aromatic heterocycles. The molecule has 1 aromatic rings. The lowest BCUT2D eigenvalue weighted by molar-refractivity contribution is -0.223. The summed E-state index contributed by atoms with van der Waals surface area (Å²) in [6, 6.07) is 4.02. The van der Waals surface area contributed by atoms with E-state index in [-0.39, 0.29) is 5.69 Å². The predicted molar refractivity (Wildman–Crippen MR) is 44.8 cm³/mol. The highest BCUT2D eigenvalue weighted by molar-refractivity contribution is 5.66. The summed E-state index contributed by atoms with van der Waals surface area (Å²) in [6.45, 7) is 0.918. The van der Waals surface area contributed by atoms with Gasteiger partial charge in [-0.2, -0.15) is 13.2 Å². The third-order valence-corrected chi connectivity index (χ3v) is 1.54. The number of hydrogen-bond donors (Lipinski definition) is 0. The molecule has 1 atom stereocenters. The van der Waals surface area contributed by atoms with E-state index in [9.17, 15) is 18.0 Å². The van der Waals surface area contributed by atoms with Crippen molar-refractivity contribution in [1.29, 1.82) is 0 Å². The van der Waals surface area contributed by atoms with Gasteiger partial charge < -0.3 is 4.74 Å². The molecule has 1 rings (SSSR count). The molecule has 0 fully saturated rings. The topological polar surface area (TPSA) is 39.2 Å². The minimum Gasteiger partial charge on any atom is -0.446 e. The molecule has 1 unspecified atom stereocenters. The predicted octanol–water partition coefficient (Wildman–Crippen LogP) is 2.25. The van der Waals surface area contributed by atoms with Gasteiger partial charge in [0.15, 0.2) is 0 Å². The highest BCUT2D eigenvalue weighted by Crippen LogP contribution is 2.34. The fraction of sp³-hybridized carbons (Fsp3) is 0.333. The van der Waals surface area contributed by atoms with E-state index in [1.807, 2.05) is 0 Å². The van der Waals surface area contributed by atoms with Gasteiger partial charge in [0.25, 0.3) is 0 Å². The van der Waals surface area contributed by atoms with Gasteiger partial charge in [-0.15, -0.1) is 0 Å². The van der Waals surface area contributed by atoms with Gasteiger partial charge in [0.2, 0.25) is 6.10 Å². The normalized spacial score (nSPS) is 13.3. The van der Waals surface area contributed by atoms with E-state index in [0.29, 0.717) is 0 Å². The number of aromatic nitrogens is 1. The Morgan fingerprint density at radius 1 is 1.47 bits per heavy atom. The van der Waals surface area contributed by atoms with Crippen molar-refractivity contribution in [3.63, 3.8) is 0 Å². The maximum Gasteiger partial charge on any atom is 0.431 e. The Morgan fingerprint density at radius 3 is 2.53 bits per heavy atom. The lowest BCUT2D eigenvalue weighted by atomic mass is 10.2. The number of esters is 1. The quantitative estimate of drug-likeness (QED) is 0.716. The van der Waals surface area contributed by atoms with E-state index >= 15 is 0 Å². The lowest BCUT2D eigenvalue weighted by Crippen LogP contribution is -2.26. The van der Waals surface area contributed by atoms with Gasteiger partial charge in [0, 0.05) is 13.1 Å². The zero-order valence-corrected chi connectivity index (χ0v) is 7.78. The molecule has 0 aliphatic carbocycles. The van der Waals surface area contributed by atoms with E-state index in [0.717, 1.165) is 13.0 Å². The Kier molecular flexibility index (Phi) is 3.28. The van der Waals surface area contributed by atoms with Crippen LogP contribution in [0.5, 0.6) is 0 Å². The van der Waals surface area contributed by atoms with E-state index in [1.54, 1.807) is 0 Å². The molecule has 1 heterocycles. The zero-order valence-electron chi connectivity index (χ0n) is 7.78. The number of pyridine rings is 1. The molecule has 0 spiro atoms. The summed E-state index contributed by atoms with van der Waals surface area (Å²) in [6.07, 6.45) is -5.74. The van der Waals surface area contributed by atoms with Gasteiger partial charge in [0.05, 0.1) is 5.69 Å². The second-order valence-electron chi connectivity index (χ2n) is 2.79. The van der Waals surface area contributed by atoms with Crippen LogP contribution in [0.25, 0.3) is 0 Å². The van der Waals surface area contributed by atoms with Gasteiger partial charge in [-0.25, -0.2) is 0 Å². The number of hydrogen-bond acceptors (Lipinski definition) is 3. The number of alkyl halides is 3. The summed E-state index contributed by atoms with van der Waals surface area (Å²) in [4.78, 5) is 14.0. The molecule has 0 radical (unpaired) electrons. The molecule has 0 saturated heterocycles. The molecule has 0 saturated carbocycles. The van der Waals surface area contributed by atoms with Gasteiger partial charge in [-0.05, 0) is 12.1 Å². The van der Waals surface area contributed by atoms with E-state index < -0.39 is 18.2 Å². The number of nitrogens with zero attached hydrogens (tertiary/aromatic N) is 1. The molecule has 82 valence electrons. The summed E-state index contributed by atoms with van der Waals surface area (Å²) in [5, 5.41) is 0. The number of carbonyl (C=O) groups excluding carboxylic acids is 1. The van der Waals surface area contributed by atoms with Crippen LogP contribution in [-0.2, 0) is 9.53 Å². The fourth-order valence-corrected chi connectivity index (χ4v) is 0.992. The smallest absolute Gasteiger partial charge is 0.431 e. The van der Waals surface area contributed by atoms with Crippen molar-refractivity contribution in [2.24, 2.45) is 0 Å². The maximum absolute atomic E-state index is 12.4. The number of carbonyl (C=O) groups is 1. The molecular formula is C9H8F3NO2. The Labute approximate surface area is 83.9 Å². The molecule has 3 nitrogen and oxygen atoms in total. The SMILES string of the molecule is CC(=O)OC(c1ccccn1)C(F)(F)F. The van der Waals surface area contributed by atoms with Crippen LogP contribution in [-0.4, -0.2) is 17.1 Å².